The number of halogens is 1. The summed E-state index contributed by atoms with van der Waals surface area (Å²) >= 11 is 6.21. The molecule has 0 spiro atoms. The Hall–Kier alpha value is -2.53. The van der Waals surface area contributed by atoms with Crippen LogP contribution in [-0.2, 0) is 0 Å². The molecule has 0 heterocycles. The molecule has 0 aliphatic rings. The number of ether oxygens (including phenoxy) is 2. The molecule has 0 radical (unpaired) electrons. The fourth-order valence-corrected chi connectivity index (χ4v) is 2.62. The maximum atomic E-state index is 12.5. The van der Waals surface area contributed by atoms with Gasteiger partial charge in [-0.3, -0.25) is 9.59 Å². The lowest BCUT2D eigenvalue weighted by molar-refractivity contribution is 0.102. The van der Waals surface area contributed by atoms with Crippen molar-refractivity contribution in [1.29, 1.82) is 0 Å². The molecule has 6 heteroatoms. The number of rotatable bonds is 6. The summed E-state index contributed by atoms with van der Waals surface area (Å²) in [6.45, 7) is 5.55. The summed E-state index contributed by atoms with van der Waals surface area (Å²) in [6.07, 6.45) is 0.682. The predicted molar refractivity (Wildman–Crippen MR) is 98.3 cm³/mol. The highest BCUT2D eigenvalue weighted by atomic mass is 35.5. The number of hydrogen-bond donors (Lipinski definition) is 1. The highest BCUT2D eigenvalue weighted by Gasteiger charge is 2.17. The zero-order valence-electron chi connectivity index (χ0n) is 14.6. The Morgan fingerprint density at radius 2 is 1.96 bits per heavy atom. The number of nitrogens with one attached hydrogen (secondary N) is 1. The molecule has 25 heavy (non-hydrogen) atoms. The Morgan fingerprint density at radius 3 is 2.52 bits per heavy atom. The Morgan fingerprint density at radius 1 is 1.24 bits per heavy atom. The van der Waals surface area contributed by atoms with Gasteiger partial charge in [-0.2, -0.15) is 0 Å². The lowest BCUT2D eigenvalue weighted by atomic mass is 10.1. The number of methoxy groups -OCH3 is 1. The number of benzene rings is 2. The van der Waals surface area contributed by atoms with E-state index in [1.54, 1.807) is 31.2 Å². The number of carbonyl (C=O) groups excluding carboxylic acids is 2. The second-order valence-corrected chi connectivity index (χ2v) is 6.21. The van der Waals surface area contributed by atoms with Crippen LogP contribution >= 0.6 is 11.6 Å². The largest absolute Gasteiger partial charge is 0.491 e. The molecule has 2 aromatic rings. The Bertz CT molecular complexity index is 802. The van der Waals surface area contributed by atoms with Crippen molar-refractivity contribution in [3.8, 4) is 11.5 Å². The molecule has 0 aromatic heterocycles. The zero-order valence-corrected chi connectivity index (χ0v) is 15.3. The molecule has 0 unspecified atom stereocenters. The van der Waals surface area contributed by atoms with E-state index in [-0.39, 0.29) is 12.0 Å². The van der Waals surface area contributed by atoms with Crippen molar-refractivity contribution in [2.75, 3.05) is 12.4 Å². The summed E-state index contributed by atoms with van der Waals surface area (Å²) in [4.78, 5) is 23.4. The van der Waals surface area contributed by atoms with Crippen LogP contribution in [-0.4, -0.2) is 25.4 Å². The van der Waals surface area contributed by atoms with Gasteiger partial charge < -0.3 is 14.8 Å². The highest BCUT2D eigenvalue weighted by molar-refractivity contribution is 6.32. The van der Waals surface area contributed by atoms with Crippen LogP contribution in [0.5, 0.6) is 11.5 Å². The minimum absolute atomic E-state index is 0.0955. The third-order valence-corrected chi connectivity index (χ3v) is 3.77. The maximum Gasteiger partial charge on any atom is 0.255 e. The van der Waals surface area contributed by atoms with Gasteiger partial charge in [0.05, 0.1) is 18.2 Å². The molecule has 0 saturated heterocycles. The molecule has 0 bridgehead atoms. The second kappa shape index (κ2) is 8.03. The quantitative estimate of drug-likeness (QED) is 0.769. The van der Waals surface area contributed by atoms with Crippen LogP contribution < -0.4 is 14.8 Å². The van der Waals surface area contributed by atoms with Crippen molar-refractivity contribution in [3.05, 3.63) is 52.0 Å². The van der Waals surface area contributed by atoms with E-state index in [4.69, 9.17) is 21.1 Å². The first kappa shape index (κ1) is 18.8. The Kier molecular flexibility index (Phi) is 6.04. The first-order valence-electron chi connectivity index (χ1n) is 7.77. The molecule has 5 nitrogen and oxygen atoms in total. The fourth-order valence-electron chi connectivity index (χ4n) is 2.33. The van der Waals surface area contributed by atoms with Gasteiger partial charge in [-0.1, -0.05) is 11.6 Å². The van der Waals surface area contributed by atoms with E-state index in [1.165, 1.54) is 13.2 Å². The van der Waals surface area contributed by atoms with E-state index in [1.807, 2.05) is 13.8 Å². The molecule has 0 atom stereocenters. The normalized spacial score (nSPS) is 10.5. The van der Waals surface area contributed by atoms with Gasteiger partial charge in [-0.15, -0.1) is 0 Å². The van der Waals surface area contributed by atoms with Crippen LogP contribution in [0.1, 0.15) is 40.1 Å². The SMILES string of the molecule is COc1c(Cl)cc(C(=O)Nc2ccc(C=O)c(C)c2)cc1OC(C)C. The highest BCUT2D eigenvalue weighted by Crippen LogP contribution is 2.37. The van der Waals surface area contributed by atoms with E-state index in [0.29, 0.717) is 33.3 Å². The summed E-state index contributed by atoms with van der Waals surface area (Å²) in [5.41, 5.74) is 2.30. The second-order valence-electron chi connectivity index (χ2n) is 5.80. The van der Waals surface area contributed by atoms with E-state index in [2.05, 4.69) is 5.32 Å². The summed E-state index contributed by atoms with van der Waals surface area (Å²) < 4.78 is 10.9. The molecule has 0 saturated carbocycles. The predicted octanol–water partition coefficient (Wildman–Crippen LogP) is 4.51. The summed E-state index contributed by atoms with van der Waals surface area (Å²) in [6, 6.07) is 8.18. The monoisotopic (exact) mass is 361 g/mol. The van der Waals surface area contributed by atoms with Crippen LogP contribution in [0.2, 0.25) is 5.02 Å². The van der Waals surface area contributed by atoms with Crippen LogP contribution in [0.25, 0.3) is 0 Å². The molecule has 0 aliphatic heterocycles. The minimum Gasteiger partial charge on any atom is -0.491 e. The van der Waals surface area contributed by atoms with Crippen LogP contribution in [0.3, 0.4) is 0 Å². The molecular weight excluding hydrogens is 342 g/mol. The molecule has 0 aliphatic carbocycles. The van der Waals surface area contributed by atoms with E-state index in [0.717, 1.165) is 11.8 Å². The van der Waals surface area contributed by atoms with Gasteiger partial charge in [-0.25, -0.2) is 0 Å². The van der Waals surface area contributed by atoms with Crippen LogP contribution in [0.4, 0.5) is 5.69 Å². The molecule has 1 amide bonds. The van der Waals surface area contributed by atoms with E-state index >= 15 is 0 Å². The number of amides is 1. The summed E-state index contributed by atoms with van der Waals surface area (Å²) in [5.74, 6) is 0.456. The number of aldehydes is 1. The third-order valence-electron chi connectivity index (χ3n) is 3.49. The average molecular weight is 362 g/mol. The average Bonchev–Trinajstić information content (AvgIpc) is 2.54. The van der Waals surface area contributed by atoms with Crippen LogP contribution in [0, 0.1) is 6.92 Å². The molecule has 0 fully saturated rings. The summed E-state index contributed by atoms with van der Waals surface area (Å²) in [5, 5.41) is 3.08. The van der Waals surface area contributed by atoms with Crippen molar-refractivity contribution in [2.24, 2.45) is 0 Å². The molecule has 132 valence electrons. The topological polar surface area (TPSA) is 64.6 Å². The van der Waals surface area contributed by atoms with Gasteiger partial charge >= 0.3 is 0 Å². The number of anilines is 1. The van der Waals surface area contributed by atoms with Crippen molar-refractivity contribution in [1.82, 2.24) is 0 Å². The maximum absolute atomic E-state index is 12.5. The van der Waals surface area contributed by atoms with Gasteiger partial charge in [0.1, 0.15) is 6.29 Å². The van der Waals surface area contributed by atoms with Crippen molar-refractivity contribution < 1.29 is 19.1 Å². The first-order valence-corrected chi connectivity index (χ1v) is 8.15. The van der Waals surface area contributed by atoms with Gasteiger partial charge in [0.25, 0.3) is 5.91 Å². The van der Waals surface area contributed by atoms with Gasteiger partial charge in [0.2, 0.25) is 0 Å². The molecule has 1 N–H and O–H groups in total. The Labute approximate surface area is 151 Å². The van der Waals surface area contributed by atoms with E-state index < -0.39 is 0 Å². The number of hydrogen-bond acceptors (Lipinski definition) is 4. The van der Waals surface area contributed by atoms with Gasteiger partial charge in [0, 0.05) is 16.8 Å². The first-order chi connectivity index (χ1) is 11.8. The number of carbonyl (C=O) groups is 2. The zero-order chi connectivity index (χ0) is 18.6. The molecule has 2 rings (SSSR count). The van der Waals surface area contributed by atoms with Gasteiger partial charge in [0.15, 0.2) is 11.5 Å². The van der Waals surface area contributed by atoms with Crippen molar-refractivity contribution >= 4 is 29.5 Å². The lowest BCUT2D eigenvalue weighted by Gasteiger charge is -2.16. The van der Waals surface area contributed by atoms with Crippen LogP contribution in [0.15, 0.2) is 30.3 Å². The number of aryl methyl sites for hydroxylation is 1. The minimum atomic E-state index is -0.337. The van der Waals surface area contributed by atoms with Crippen molar-refractivity contribution in [3.63, 3.8) is 0 Å². The van der Waals surface area contributed by atoms with E-state index in [9.17, 15) is 9.59 Å². The summed E-state index contributed by atoms with van der Waals surface area (Å²) in [7, 11) is 1.49. The molecule has 2 aromatic carbocycles. The third kappa shape index (κ3) is 4.51. The lowest BCUT2D eigenvalue weighted by Crippen LogP contribution is -2.14. The standard InChI is InChI=1S/C19H20ClNO4/c1-11(2)25-17-9-14(8-16(20)18(17)24-4)19(23)21-15-6-5-13(10-22)12(3)7-15/h5-11H,1-4H3,(H,21,23). The fraction of sp³-hybridized carbons (Fsp3) is 0.263. The van der Waals surface area contributed by atoms with Gasteiger partial charge in [-0.05, 0) is 56.7 Å². The molecular formula is C19H20ClNO4. The Balaban J connectivity index is 2.31. The van der Waals surface area contributed by atoms with Crippen molar-refractivity contribution in [2.45, 2.75) is 26.9 Å². The smallest absolute Gasteiger partial charge is 0.255 e.